The fraction of sp³-hybridized carbons (Fsp3) is 0. The topological polar surface area (TPSA) is 53.0 Å². The highest BCUT2D eigenvalue weighted by atomic mass is 35.5. The van der Waals surface area contributed by atoms with E-state index in [0.717, 1.165) is 5.69 Å². The van der Waals surface area contributed by atoms with Crippen molar-refractivity contribution in [1.82, 2.24) is 0 Å². The zero-order chi connectivity index (χ0) is 10.4. The van der Waals surface area contributed by atoms with E-state index in [9.17, 15) is 4.79 Å². The summed E-state index contributed by atoms with van der Waals surface area (Å²) in [6, 6.07) is 6.75. The summed E-state index contributed by atoms with van der Waals surface area (Å²) in [7, 11) is 0. The fourth-order valence-electron chi connectivity index (χ4n) is 0.890. The van der Waals surface area contributed by atoms with E-state index in [1.54, 1.807) is 36.5 Å². The Bertz CT molecular complexity index is 357. The first-order chi connectivity index (χ1) is 6.74. The van der Waals surface area contributed by atoms with Gasteiger partial charge < -0.3 is 10.7 Å². The Hall–Kier alpha value is -1.61. The van der Waals surface area contributed by atoms with Gasteiger partial charge in [-0.3, -0.25) is 4.79 Å². The van der Waals surface area contributed by atoms with Crippen LogP contribution in [0.3, 0.4) is 0 Å². The lowest BCUT2D eigenvalue weighted by atomic mass is 10.2. The second-order valence-electron chi connectivity index (χ2n) is 2.52. The maximum Gasteiger partial charge on any atom is 0.252 e. The van der Waals surface area contributed by atoms with Crippen LogP contribution < -0.4 is 5.32 Å². The molecule has 72 valence electrons. The number of hydrogen-bond donors (Lipinski definition) is 2. The molecule has 0 heterocycles. The van der Waals surface area contributed by atoms with E-state index in [1.165, 1.54) is 6.21 Å². The quantitative estimate of drug-likeness (QED) is 0.591. The van der Waals surface area contributed by atoms with Crippen LogP contribution in [0, 0.1) is 5.41 Å². The van der Waals surface area contributed by atoms with Gasteiger partial charge in [-0.25, -0.2) is 0 Å². The number of nitrogens with one attached hydrogen (secondary N) is 2. The largest absolute Gasteiger partial charge is 0.362 e. The highest BCUT2D eigenvalue weighted by Crippen LogP contribution is 2.10. The number of carbonyl (C=O) groups is 1. The Kier molecular flexibility index (Phi) is 3.88. The second-order valence-corrected chi connectivity index (χ2v) is 2.86. The van der Waals surface area contributed by atoms with Crippen molar-refractivity contribution in [3.63, 3.8) is 0 Å². The minimum absolute atomic E-state index is 0.466. The van der Waals surface area contributed by atoms with Gasteiger partial charge in [0.15, 0.2) is 0 Å². The van der Waals surface area contributed by atoms with Gasteiger partial charge in [0.05, 0.1) is 0 Å². The number of rotatable bonds is 4. The first-order valence-corrected chi connectivity index (χ1v) is 4.34. The minimum atomic E-state index is -0.466. The molecule has 1 aromatic rings. The number of allylic oxidation sites excluding steroid dienone is 1. The van der Waals surface area contributed by atoms with Crippen molar-refractivity contribution < 1.29 is 4.79 Å². The van der Waals surface area contributed by atoms with Crippen LogP contribution in [0.25, 0.3) is 0 Å². The Morgan fingerprint density at radius 2 is 2.00 bits per heavy atom. The van der Waals surface area contributed by atoms with Crippen LogP contribution >= 0.6 is 11.6 Å². The van der Waals surface area contributed by atoms with Gasteiger partial charge in [0, 0.05) is 23.7 Å². The van der Waals surface area contributed by atoms with E-state index in [-0.39, 0.29) is 0 Å². The third kappa shape index (κ3) is 3.03. The molecule has 0 spiro atoms. The third-order valence-electron chi connectivity index (χ3n) is 1.55. The van der Waals surface area contributed by atoms with Crippen molar-refractivity contribution in [2.24, 2.45) is 0 Å². The number of hydrogen-bond acceptors (Lipinski definition) is 3. The zero-order valence-electron chi connectivity index (χ0n) is 7.33. The van der Waals surface area contributed by atoms with Crippen molar-refractivity contribution in [3.05, 3.63) is 42.1 Å². The maximum atomic E-state index is 10.7. The SMILES string of the molecule is N=C/C=C\Nc1ccc(C(=O)Cl)cc1. The fourth-order valence-corrected chi connectivity index (χ4v) is 1.02. The normalized spacial score (nSPS) is 10.1. The molecule has 1 rings (SSSR count). The summed E-state index contributed by atoms with van der Waals surface area (Å²) in [4.78, 5) is 10.7. The molecule has 2 N–H and O–H groups in total. The van der Waals surface area contributed by atoms with E-state index < -0.39 is 5.24 Å². The second kappa shape index (κ2) is 5.19. The van der Waals surface area contributed by atoms with Crippen molar-refractivity contribution in [1.29, 1.82) is 5.41 Å². The van der Waals surface area contributed by atoms with Gasteiger partial charge >= 0.3 is 0 Å². The van der Waals surface area contributed by atoms with Gasteiger partial charge in [-0.05, 0) is 41.9 Å². The summed E-state index contributed by atoms with van der Waals surface area (Å²) >= 11 is 5.28. The summed E-state index contributed by atoms with van der Waals surface area (Å²) in [6.07, 6.45) is 4.36. The van der Waals surface area contributed by atoms with Gasteiger partial charge in [0.25, 0.3) is 5.24 Å². The summed E-state index contributed by atoms with van der Waals surface area (Å²) in [5.74, 6) is 0. The number of anilines is 1. The first kappa shape index (κ1) is 10.5. The van der Waals surface area contributed by atoms with Crippen LogP contribution in [0.1, 0.15) is 10.4 Å². The van der Waals surface area contributed by atoms with Crippen LogP contribution in [0.15, 0.2) is 36.5 Å². The maximum absolute atomic E-state index is 10.7. The summed E-state index contributed by atoms with van der Waals surface area (Å²) in [6.45, 7) is 0. The molecule has 0 unspecified atom stereocenters. The van der Waals surface area contributed by atoms with Gasteiger partial charge in [-0.15, -0.1) is 0 Å². The molecule has 3 nitrogen and oxygen atoms in total. The molecule has 0 aliphatic rings. The monoisotopic (exact) mass is 208 g/mol. The smallest absolute Gasteiger partial charge is 0.252 e. The molecular formula is C10H9ClN2O. The molecule has 0 aromatic heterocycles. The van der Waals surface area contributed by atoms with Crippen LogP contribution in [-0.4, -0.2) is 11.5 Å². The van der Waals surface area contributed by atoms with E-state index in [1.807, 2.05) is 0 Å². The van der Waals surface area contributed by atoms with Gasteiger partial charge in [0.1, 0.15) is 0 Å². The Labute approximate surface area is 86.9 Å². The van der Waals surface area contributed by atoms with Crippen LogP contribution in [0.4, 0.5) is 5.69 Å². The first-order valence-electron chi connectivity index (χ1n) is 3.96. The van der Waals surface area contributed by atoms with E-state index in [2.05, 4.69) is 5.32 Å². The molecule has 0 aliphatic carbocycles. The van der Waals surface area contributed by atoms with E-state index in [4.69, 9.17) is 17.0 Å². The van der Waals surface area contributed by atoms with Gasteiger partial charge in [-0.1, -0.05) is 0 Å². The molecule has 0 atom stereocenters. The molecule has 0 saturated heterocycles. The molecule has 0 saturated carbocycles. The average Bonchev–Trinajstić information content (AvgIpc) is 2.19. The van der Waals surface area contributed by atoms with Crippen LogP contribution in [0.2, 0.25) is 0 Å². The Morgan fingerprint density at radius 3 is 2.50 bits per heavy atom. The summed E-state index contributed by atoms with van der Waals surface area (Å²) < 4.78 is 0. The predicted octanol–water partition coefficient (Wildman–Crippen LogP) is 2.64. The number of carbonyl (C=O) groups excluding carboxylic acids is 1. The van der Waals surface area contributed by atoms with E-state index >= 15 is 0 Å². The molecule has 0 fully saturated rings. The third-order valence-corrected chi connectivity index (χ3v) is 1.77. The lowest BCUT2D eigenvalue weighted by Crippen LogP contribution is -1.90. The lowest BCUT2D eigenvalue weighted by molar-refractivity contribution is 0.108. The van der Waals surface area contributed by atoms with Crippen molar-refractivity contribution >= 4 is 28.7 Å². The van der Waals surface area contributed by atoms with Crippen LogP contribution in [-0.2, 0) is 0 Å². The highest BCUT2D eigenvalue weighted by molar-refractivity contribution is 6.67. The Morgan fingerprint density at radius 1 is 1.36 bits per heavy atom. The van der Waals surface area contributed by atoms with Gasteiger partial charge in [-0.2, -0.15) is 0 Å². The molecule has 14 heavy (non-hydrogen) atoms. The van der Waals surface area contributed by atoms with Gasteiger partial charge in [0.2, 0.25) is 0 Å². The number of halogens is 1. The predicted molar refractivity (Wildman–Crippen MR) is 58.2 cm³/mol. The molecule has 4 heteroatoms. The molecule has 0 bridgehead atoms. The zero-order valence-corrected chi connectivity index (χ0v) is 8.08. The highest BCUT2D eigenvalue weighted by Gasteiger charge is 1.99. The molecule has 0 amide bonds. The van der Waals surface area contributed by atoms with Crippen molar-refractivity contribution in [2.75, 3.05) is 5.32 Å². The average molecular weight is 209 g/mol. The Balaban J connectivity index is 2.68. The lowest BCUT2D eigenvalue weighted by Gasteiger charge is -2.00. The molecule has 0 radical (unpaired) electrons. The standard InChI is InChI=1S/C10H9ClN2O/c11-10(14)8-2-4-9(5-3-8)13-7-1-6-12/h1-7,12-13H/b7-1-,12-6?. The van der Waals surface area contributed by atoms with Crippen LogP contribution in [0.5, 0.6) is 0 Å². The molecular weight excluding hydrogens is 200 g/mol. The van der Waals surface area contributed by atoms with Crippen molar-refractivity contribution in [3.8, 4) is 0 Å². The molecule has 0 aliphatic heterocycles. The minimum Gasteiger partial charge on any atom is -0.362 e. The summed E-state index contributed by atoms with van der Waals surface area (Å²) in [5.41, 5.74) is 1.30. The summed E-state index contributed by atoms with van der Waals surface area (Å²) in [5, 5.41) is 9.20. The number of benzene rings is 1. The van der Waals surface area contributed by atoms with E-state index in [0.29, 0.717) is 5.56 Å². The van der Waals surface area contributed by atoms with Crippen molar-refractivity contribution in [2.45, 2.75) is 0 Å². The molecule has 1 aromatic carbocycles.